The van der Waals surface area contributed by atoms with Gasteiger partial charge in [-0.2, -0.15) is 0 Å². The van der Waals surface area contributed by atoms with E-state index in [2.05, 4.69) is 10.9 Å². The number of nitrogens with zero attached hydrogens (tertiary/aromatic N) is 1. The molecule has 1 atom stereocenters. The molecule has 148 valence electrons. The number of ether oxygens (including phenoxy) is 2. The molecule has 2 rings (SSSR count). The number of nitro groups is 1. The molecule has 0 radical (unpaired) electrons. The average molecular weight is 387 g/mol. The number of amides is 2. The SMILES string of the molecule is CCOc1ccc(O[C@H](C)C(=O)NNC(=O)c2ccc([N+](=O)[O-])c(C)c2)cc1. The molecule has 0 saturated carbocycles. The molecule has 2 aromatic rings. The Hall–Kier alpha value is -3.62. The molecule has 0 aliphatic carbocycles. The number of nitrogens with one attached hydrogen (secondary N) is 2. The topological polar surface area (TPSA) is 120 Å². The Labute approximate surface area is 161 Å². The fourth-order valence-electron chi connectivity index (χ4n) is 2.33. The van der Waals surface area contributed by atoms with E-state index in [9.17, 15) is 19.7 Å². The molecule has 2 amide bonds. The van der Waals surface area contributed by atoms with Gasteiger partial charge in [0.25, 0.3) is 17.5 Å². The fraction of sp³-hybridized carbons (Fsp3) is 0.263. The average Bonchev–Trinajstić information content (AvgIpc) is 2.67. The van der Waals surface area contributed by atoms with Gasteiger partial charge in [-0.15, -0.1) is 0 Å². The van der Waals surface area contributed by atoms with Gasteiger partial charge in [0.05, 0.1) is 11.5 Å². The third kappa shape index (κ3) is 5.44. The van der Waals surface area contributed by atoms with E-state index in [0.717, 1.165) is 0 Å². The van der Waals surface area contributed by atoms with Crippen LogP contribution in [0.15, 0.2) is 42.5 Å². The second-order valence-electron chi connectivity index (χ2n) is 5.87. The van der Waals surface area contributed by atoms with E-state index in [-0.39, 0.29) is 11.3 Å². The molecule has 0 bridgehead atoms. The van der Waals surface area contributed by atoms with Gasteiger partial charge in [-0.1, -0.05) is 0 Å². The predicted octanol–water partition coefficient (Wildman–Crippen LogP) is 2.53. The lowest BCUT2D eigenvalue weighted by atomic mass is 10.1. The highest BCUT2D eigenvalue weighted by atomic mass is 16.6. The van der Waals surface area contributed by atoms with Crippen molar-refractivity contribution >= 4 is 17.5 Å². The van der Waals surface area contributed by atoms with E-state index in [4.69, 9.17) is 9.47 Å². The van der Waals surface area contributed by atoms with E-state index in [1.807, 2.05) is 6.92 Å². The number of rotatable bonds is 7. The zero-order chi connectivity index (χ0) is 20.7. The Morgan fingerprint density at radius 3 is 2.32 bits per heavy atom. The first-order valence-corrected chi connectivity index (χ1v) is 8.56. The van der Waals surface area contributed by atoms with E-state index in [1.54, 1.807) is 24.3 Å². The van der Waals surface area contributed by atoms with Crippen LogP contribution in [0.3, 0.4) is 0 Å². The molecule has 0 aromatic heterocycles. The molecule has 2 N–H and O–H groups in total. The van der Waals surface area contributed by atoms with Crippen molar-refractivity contribution in [3.8, 4) is 11.5 Å². The van der Waals surface area contributed by atoms with Crippen molar-refractivity contribution in [3.63, 3.8) is 0 Å². The van der Waals surface area contributed by atoms with Crippen molar-refractivity contribution in [2.24, 2.45) is 0 Å². The number of hydrogen-bond acceptors (Lipinski definition) is 6. The van der Waals surface area contributed by atoms with Crippen LogP contribution in [0.1, 0.15) is 29.8 Å². The molecule has 2 aromatic carbocycles. The lowest BCUT2D eigenvalue weighted by Crippen LogP contribution is -2.47. The van der Waals surface area contributed by atoms with Crippen LogP contribution in [0.4, 0.5) is 5.69 Å². The molecule has 0 saturated heterocycles. The van der Waals surface area contributed by atoms with E-state index in [1.165, 1.54) is 32.0 Å². The number of nitro benzene ring substituents is 1. The van der Waals surface area contributed by atoms with Crippen LogP contribution in [-0.4, -0.2) is 29.4 Å². The van der Waals surface area contributed by atoms with Gasteiger partial charge in [0.2, 0.25) is 0 Å². The van der Waals surface area contributed by atoms with Crippen LogP contribution in [0.25, 0.3) is 0 Å². The molecule has 28 heavy (non-hydrogen) atoms. The molecule has 0 aliphatic rings. The first-order chi connectivity index (χ1) is 13.3. The summed E-state index contributed by atoms with van der Waals surface area (Å²) in [6.07, 6.45) is -0.864. The van der Waals surface area contributed by atoms with Crippen molar-refractivity contribution in [2.45, 2.75) is 26.9 Å². The van der Waals surface area contributed by atoms with Gasteiger partial charge in [0.1, 0.15) is 11.5 Å². The number of hydrazine groups is 1. The summed E-state index contributed by atoms with van der Waals surface area (Å²) in [6, 6.07) is 10.7. The largest absolute Gasteiger partial charge is 0.494 e. The van der Waals surface area contributed by atoms with Gasteiger partial charge in [-0.05, 0) is 57.2 Å². The molecule has 0 unspecified atom stereocenters. The Morgan fingerprint density at radius 1 is 1.11 bits per heavy atom. The third-order valence-electron chi connectivity index (χ3n) is 3.77. The highest BCUT2D eigenvalue weighted by Crippen LogP contribution is 2.19. The van der Waals surface area contributed by atoms with Gasteiger partial charge >= 0.3 is 0 Å². The van der Waals surface area contributed by atoms with Gasteiger partial charge in [-0.25, -0.2) is 0 Å². The van der Waals surface area contributed by atoms with Gasteiger partial charge in [0, 0.05) is 17.2 Å². The van der Waals surface area contributed by atoms with Crippen LogP contribution in [-0.2, 0) is 4.79 Å². The minimum Gasteiger partial charge on any atom is -0.494 e. The summed E-state index contributed by atoms with van der Waals surface area (Å²) in [5, 5.41) is 10.8. The first-order valence-electron chi connectivity index (χ1n) is 8.56. The van der Waals surface area contributed by atoms with Gasteiger partial charge in [0.15, 0.2) is 6.10 Å². The molecule has 9 heteroatoms. The zero-order valence-corrected chi connectivity index (χ0v) is 15.7. The summed E-state index contributed by atoms with van der Waals surface area (Å²) >= 11 is 0. The minimum atomic E-state index is -0.864. The van der Waals surface area contributed by atoms with Gasteiger partial charge < -0.3 is 9.47 Å². The number of aryl methyl sites for hydroxylation is 1. The zero-order valence-electron chi connectivity index (χ0n) is 15.7. The number of carbonyl (C=O) groups excluding carboxylic acids is 2. The van der Waals surface area contributed by atoms with Crippen molar-refractivity contribution in [1.82, 2.24) is 10.9 Å². The highest BCUT2D eigenvalue weighted by Gasteiger charge is 2.17. The fourth-order valence-corrected chi connectivity index (χ4v) is 2.33. The maximum absolute atomic E-state index is 12.1. The number of hydrogen-bond donors (Lipinski definition) is 2. The van der Waals surface area contributed by atoms with Crippen molar-refractivity contribution < 1.29 is 24.0 Å². The maximum atomic E-state index is 12.1. The van der Waals surface area contributed by atoms with Crippen LogP contribution in [0, 0.1) is 17.0 Å². The van der Waals surface area contributed by atoms with Crippen LogP contribution in [0.5, 0.6) is 11.5 Å². The van der Waals surface area contributed by atoms with E-state index in [0.29, 0.717) is 23.7 Å². The Morgan fingerprint density at radius 2 is 1.75 bits per heavy atom. The number of carbonyl (C=O) groups is 2. The predicted molar refractivity (Wildman–Crippen MR) is 101 cm³/mol. The summed E-state index contributed by atoms with van der Waals surface area (Å²) < 4.78 is 10.8. The molecular formula is C19H21N3O6. The summed E-state index contributed by atoms with van der Waals surface area (Å²) in [5.41, 5.74) is 4.97. The van der Waals surface area contributed by atoms with E-state index < -0.39 is 22.8 Å². The monoisotopic (exact) mass is 387 g/mol. The van der Waals surface area contributed by atoms with E-state index >= 15 is 0 Å². The first kappa shape index (κ1) is 20.7. The second-order valence-corrected chi connectivity index (χ2v) is 5.87. The summed E-state index contributed by atoms with van der Waals surface area (Å²) in [6.45, 7) is 5.49. The smallest absolute Gasteiger partial charge is 0.279 e. The normalized spacial score (nSPS) is 11.2. The van der Waals surface area contributed by atoms with Crippen molar-refractivity contribution in [3.05, 3.63) is 63.7 Å². The van der Waals surface area contributed by atoms with Crippen LogP contribution < -0.4 is 20.3 Å². The second kappa shape index (κ2) is 9.36. The molecule has 0 heterocycles. The minimum absolute atomic E-state index is 0.0852. The van der Waals surface area contributed by atoms with Crippen LogP contribution >= 0.6 is 0 Å². The Balaban J connectivity index is 1.89. The Kier molecular flexibility index (Phi) is 6.91. The molecule has 0 fully saturated rings. The highest BCUT2D eigenvalue weighted by molar-refractivity contribution is 5.96. The lowest BCUT2D eigenvalue weighted by Gasteiger charge is -2.15. The summed E-state index contributed by atoms with van der Waals surface area (Å²) in [4.78, 5) is 34.5. The lowest BCUT2D eigenvalue weighted by molar-refractivity contribution is -0.385. The van der Waals surface area contributed by atoms with Crippen LogP contribution in [0.2, 0.25) is 0 Å². The number of benzene rings is 2. The quantitative estimate of drug-likeness (QED) is 0.556. The molecular weight excluding hydrogens is 366 g/mol. The standard InChI is InChI=1S/C19H21N3O6/c1-4-27-15-6-8-16(9-7-15)28-13(3)18(23)20-21-19(24)14-5-10-17(22(25)26)12(2)11-14/h5-11,13H,4H2,1-3H3,(H,20,23)(H,21,24)/t13-/m1/s1. The molecule has 9 nitrogen and oxygen atoms in total. The summed E-state index contributed by atoms with van der Waals surface area (Å²) in [7, 11) is 0. The third-order valence-corrected chi connectivity index (χ3v) is 3.77. The maximum Gasteiger partial charge on any atom is 0.279 e. The van der Waals surface area contributed by atoms with Crippen molar-refractivity contribution in [1.29, 1.82) is 0 Å². The summed E-state index contributed by atoms with van der Waals surface area (Å²) in [5.74, 6) is 0.0153. The van der Waals surface area contributed by atoms with Gasteiger partial charge in [-0.3, -0.25) is 30.6 Å². The molecule has 0 spiro atoms. The Bertz CT molecular complexity index is 866. The van der Waals surface area contributed by atoms with Crippen molar-refractivity contribution in [2.75, 3.05) is 6.61 Å². The molecule has 0 aliphatic heterocycles.